The molecule has 2 aliphatic carbocycles. The van der Waals surface area contributed by atoms with Crippen molar-refractivity contribution in [3.63, 3.8) is 0 Å². The summed E-state index contributed by atoms with van der Waals surface area (Å²) in [4.78, 5) is 0. The zero-order valence-electron chi connectivity index (χ0n) is 27.4. The molecule has 2 aliphatic rings. The van der Waals surface area contributed by atoms with E-state index in [-0.39, 0.29) is 0 Å². The van der Waals surface area contributed by atoms with Crippen LogP contribution in [-0.2, 0) is 14.6 Å². The van der Waals surface area contributed by atoms with Gasteiger partial charge >= 0.3 is 270 Å². The predicted octanol–water partition coefficient (Wildman–Crippen LogP) is 10.7. The van der Waals surface area contributed by atoms with Gasteiger partial charge in [-0.1, -0.05) is 0 Å². The average molecular weight is 632 g/mol. The van der Waals surface area contributed by atoms with Crippen molar-refractivity contribution in [1.29, 1.82) is 0 Å². The van der Waals surface area contributed by atoms with Gasteiger partial charge in [-0.3, -0.25) is 0 Å². The van der Waals surface area contributed by atoms with E-state index in [9.17, 15) is 0 Å². The Hall–Kier alpha value is -2.71. The van der Waals surface area contributed by atoms with Gasteiger partial charge in [0.25, 0.3) is 0 Å². The van der Waals surface area contributed by atoms with E-state index < -0.39 is 21.2 Å². The van der Waals surface area contributed by atoms with E-state index in [2.05, 4.69) is 149 Å². The van der Waals surface area contributed by atoms with Crippen molar-refractivity contribution >= 4 is 29.2 Å². The fourth-order valence-electron chi connectivity index (χ4n) is 10.2. The van der Waals surface area contributed by atoms with Gasteiger partial charge in [0.05, 0.1) is 0 Å². The van der Waals surface area contributed by atoms with Crippen LogP contribution in [0.5, 0.6) is 0 Å². The van der Waals surface area contributed by atoms with Gasteiger partial charge in [-0.25, -0.2) is 0 Å². The van der Waals surface area contributed by atoms with Crippen LogP contribution in [0.15, 0.2) is 120 Å². The second-order valence-corrected chi connectivity index (χ2v) is 34.3. The molecule has 0 N–H and O–H groups in total. The second-order valence-electron chi connectivity index (χ2n) is 13.7. The number of hydrogen-bond acceptors (Lipinski definition) is 0. The third kappa shape index (κ3) is 5.00. The normalized spacial score (nSPS) is 18.3. The number of rotatable bonds is 13. The number of unbranched alkanes of at least 4 members (excludes halogenated alkanes) is 2. The van der Waals surface area contributed by atoms with E-state index in [4.69, 9.17) is 0 Å². The molecule has 44 heavy (non-hydrogen) atoms. The molecule has 2 unspecified atom stereocenters. The van der Waals surface area contributed by atoms with Crippen LogP contribution in [0.4, 0.5) is 0 Å². The van der Waals surface area contributed by atoms with Gasteiger partial charge in [-0.15, -0.1) is 0 Å². The molecule has 0 aromatic heterocycles. The van der Waals surface area contributed by atoms with Crippen molar-refractivity contribution in [2.75, 3.05) is 0 Å². The van der Waals surface area contributed by atoms with Gasteiger partial charge in [-0.2, -0.15) is 0 Å². The summed E-state index contributed by atoms with van der Waals surface area (Å²) in [6.45, 7) is 7.97. The predicted molar refractivity (Wildman–Crippen MR) is 194 cm³/mol. The Bertz CT molecular complexity index is 1510. The molecule has 0 nitrogen and oxygen atoms in total. The molecule has 0 spiro atoms. The summed E-state index contributed by atoms with van der Waals surface area (Å²) >= 11 is -3.98. The van der Waals surface area contributed by atoms with Crippen LogP contribution in [0.2, 0.25) is 9.45 Å². The standard InChI is InChI=1S/C12H11Si.2C11H11.2C4H9.Ti/c1-3-7-11(8-4-1)13-12-9-5-2-6-10-12;2*1-2-9-7-10-5-3-4-6-11(10)8-9;2*1-3-4-2;/h1-10,13H;2*3-8H,2H2,1H3;2*1,3-4H2,2H3;. The summed E-state index contributed by atoms with van der Waals surface area (Å²) in [5.74, 6) is 0. The van der Waals surface area contributed by atoms with Crippen LogP contribution in [-0.4, -0.2) is 6.66 Å². The summed E-state index contributed by atoms with van der Waals surface area (Å²) in [5.41, 5.74) is 9.80. The number of fused-ring (bicyclic) bond motifs is 2. The van der Waals surface area contributed by atoms with Crippen LogP contribution in [0.1, 0.15) is 96.9 Å². The van der Waals surface area contributed by atoms with E-state index in [0.29, 0.717) is 8.45 Å². The zero-order valence-corrected chi connectivity index (χ0v) is 30.2. The molecule has 4 aromatic carbocycles. The molecule has 0 aliphatic heterocycles. The van der Waals surface area contributed by atoms with Gasteiger partial charge in [-0.05, 0) is 0 Å². The first-order valence-corrected chi connectivity index (χ1v) is 25.9. The molecular formula is C42H51SiTi. The Labute approximate surface area is 269 Å². The van der Waals surface area contributed by atoms with Crippen LogP contribution in [0.25, 0.3) is 12.2 Å². The maximum absolute atomic E-state index is 3.98. The third-order valence-electron chi connectivity index (χ3n) is 11.6. The van der Waals surface area contributed by atoms with Crippen LogP contribution in [0.3, 0.4) is 0 Å². The topological polar surface area (TPSA) is 0 Å². The second kappa shape index (κ2) is 13.3. The van der Waals surface area contributed by atoms with Crippen molar-refractivity contribution in [3.8, 4) is 0 Å². The van der Waals surface area contributed by atoms with Gasteiger partial charge in [0.15, 0.2) is 0 Å². The fourth-order valence-corrected chi connectivity index (χ4v) is 49.0. The van der Waals surface area contributed by atoms with Crippen molar-refractivity contribution in [2.45, 2.75) is 84.1 Å². The Balaban J connectivity index is 1.85. The van der Waals surface area contributed by atoms with E-state index >= 15 is 0 Å². The number of allylic oxidation sites excluding steroid dienone is 2. The van der Waals surface area contributed by atoms with E-state index in [1.165, 1.54) is 46.3 Å². The molecule has 0 saturated heterocycles. The van der Waals surface area contributed by atoms with Crippen molar-refractivity contribution in [3.05, 3.63) is 143 Å². The monoisotopic (exact) mass is 631 g/mol. The molecule has 0 fully saturated rings. The average Bonchev–Trinajstić information content (AvgIpc) is 3.67. The van der Waals surface area contributed by atoms with Crippen LogP contribution >= 0.6 is 0 Å². The summed E-state index contributed by atoms with van der Waals surface area (Å²) in [6, 6.07) is 43.3. The van der Waals surface area contributed by atoms with E-state index in [1.54, 1.807) is 32.6 Å². The summed E-state index contributed by atoms with van der Waals surface area (Å²) in [7, 11) is 0. The van der Waals surface area contributed by atoms with E-state index in [0.717, 1.165) is 12.8 Å². The number of benzene rings is 4. The maximum atomic E-state index is 2.65. The third-order valence-corrected chi connectivity index (χ3v) is 42.1. The van der Waals surface area contributed by atoms with Gasteiger partial charge < -0.3 is 0 Å². The summed E-state index contributed by atoms with van der Waals surface area (Å²) in [6.07, 6.45) is 12.8. The van der Waals surface area contributed by atoms with Crippen molar-refractivity contribution in [2.24, 2.45) is 0 Å². The minimum atomic E-state index is -3.98. The van der Waals surface area contributed by atoms with Gasteiger partial charge in [0, 0.05) is 0 Å². The number of hydrogen-bond donors (Lipinski definition) is 0. The first-order valence-electron chi connectivity index (χ1n) is 17.5. The van der Waals surface area contributed by atoms with Gasteiger partial charge in [0.1, 0.15) is 0 Å². The molecule has 2 heteroatoms. The molecule has 227 valence electrons. The van der Waals surface area contributed by atoms with Crippen LogP contribution < -0.4 is 10.4 Å². The zero-order chi connectivity index (χ0) is 30.6. The fraction of sp³-hybridized carbons (Fsp3) is 0.333. The quantitative estimate of drug-likeness (QED) is 0.129. The van der Waals surface area contributed by atoms with Gasteiger partial charge in [0.2, 0.25) is 0 Å². The molecular weight excluding hydrogens is 580 g/mol. The molecule has 4 aromatic rings. The first kappa shape index (κ1) is 31.3. The van der Waals surface area contributed by atoms with Crippen LogP contribution in [0, 0.1) is 0 Å². The molecule has 0 radical (unpaired) electrons. The van der Waals surface area contributed by atoms with Crippen molar-refractivity contribution in [1.82, 2.24) is 0 Å². The molecule has 0 bridgehead atoms. The minimum absolute atomic E-state index is 0.564. The van der Waals surface area contributed by atoms with Crippen molar-refractivity contribution < 1.29 is 14.6 Å². The molecule has 0 amide bonds. The molecule has 6 rings (SSSR count). The molecule has 2 atom stereocenters. The Morgan fingerprint density at radius 1 is 0.500 bits per heavy atom. The Morgan fingerprint density at radius 3 is 1.27 bits per heavy atom. The SMILES string of the molecule is CCC[CH2][Ti]([CH2]CCC)([CH]1C(CC)=Cc2ccccc21)([CH]1C(CC)=Cc2ccccc21)[SiH](c1ccccc1)c1ccccc1. The summed E-state index contributed by atoms with van der Waals surface area (Å²) < 4.78 is 3.99. The van der Waals surface area contributed by atoms with E-state index in [1.807, 2.05) is 0 Å². The Kier molecular flexibility index (Phi) is 9.48. The summed E-state index contributed by atoms with van der Waals surface area (Å²) in [5, 5.41) is 3.37. The molecule has 0 saturated carbocycles. The first-order chi connectivity index (χ1) is 21.6. The molecule has 0 heterocycles. The Morgan fingerprint density at radius 2 is 0.886 bits per heavy atom.